The number of rotatable bonds is 6. The molecular formula is C21H31N3O2. The molecule has 26 heavy (non-hydrogen) atoms. The highest BCUT2D eigenvalue weighted by Gasteiger charge is 2.36. The third kappa shape index (κ3) is 4.85. The van der Waals surface area contributed by atoms with Gasteiger partial charge in [0, 0.05) is 39.6 Å². The molecule has 2 aliphatic rings. The molecule has 5 heteroatoms. The van der Waals surface area contributed by atoms with Crippen LogP contribution in [0.3, 0.4) is 0 Å². The molecule has 1 aromatic carbocycles. The Bertz CT molecular complexity index is 591. The zero-order valence-corrected chi connectivity index (χ0v) is 15.8. The number of nitrogens with one attached hydrogen (secondary N) is 1. The molecule has 0 aromatic heterocycles. The van der Waals surface area contributed by atoms with Crippen molar-refractivity contribution in [1.29, 1.82) is 0 Å². The van der Waals surface area contributed by atoms with Crippen LogP contribution in [-0.2, 0) is 16.0 Å². The van der Waals surface area contributed by atoms with Crippen LogP contribution in [0, 0.1) is 5.92 Å². The Labute approximate surface area is 156 Å². The van der Waals surface area contributed by atoms with E-state index in [0.29, 0.717) is 12.5 Å². The number of hydrogen-bond acceptors (Lipinski definition) is 3. The summed E-state index contributed by atoms with van der Waals surface area (Å²) < 4.78 is 0. The molecule has 1 aliphatic heterocycles. The van der Waals surface area contributed by atoms with E-state index in [4.69, 9.17) is 0 Å². The van der Waals surface area contributed by atoms with E-state index >= 15 is 0 Å². The zero-order chi connectivity index (χ0) is 18.4. The van der Waals surface area contributed by atoms with Gasteiger partial charge >= 0.3 is 0 Å². The van der Waals surface area contributed by atoms with Gasteiger partial charge in [-0.2, -0.15) is 0 Å². The minimum Gasteiger partial charge on any atom is -0.354 e. The van der Waals surface area contributed by atoms with Crippen LogP contribution in [0.1, 0.15) is 38.2 Å². The summed E-state index contributed by atoms with van der Waals surface area (Å²) in [6, 6.07) is 10.2. The van der Waals surface area contributed by atoms with Crippen molar-refractivity contribution >= 4 is 11.8 Å². The zero-order valence-electron chi connectivity index (χ0n) is 15.8. The van der Waals surface area contributed by atoms with Crippen molar-refractivity contribution in [2.45, 2.75) is 45.1 Å². The van der Waals surface area contributed by atoms with Gasteiger partial charge < -0.3 is 10.2 Å². The van der Waals surface area contributed by atoms with Gasteiger partial charge in [-0.15, -0.1) is 0 Å². The van der Waals surface area contributed by atoms with Crippen LogP contribution < -0.4 is 5.32 Å². The Hall–Kier alpha value is -1.88. The SMILES string of the molecule is CC(=O)N1CCN([C@@H](C(=O)NCCc2ccccc2)C2CCCC2)CC1. The Morgan fingerprint density at radius 2 is 1.73 bits per heavy atom. The summed E-state index contributed by atoms with van der Waals surface area (Å²) in [5.41, 5.74) is 1.25. The summed E-state index contributed by atoms with van der Waals surface area (Å²) in [4.78, 5) is 28.8. The van der Waals surface area contributed by atoms with Gasteiger partial charge in [0.15, 0.2) is 0 Å². The average molecular weight is 357 g/mol. The monoisotopic (exact) mass is 357 g/mol. The van der Waals surface area contributed by atoms with Crippen molar-refractivity contribution in [3.63, 3.8) is 0 Å². The topological polar surface area (TPSA) is 52.7 Å². The number of carbonyl (C=O) groups excluding carboxylic acids is 2. The first kappa shape index (κ1) is 18.9. The molecule has 1 saturated carbocycles. The minimum atomic E-state index is -0.0395. The molecule has 0 radical (unpaired) electrons. The minimum absolute atomic E-state index is 0.0395. The maximum Gasteiger partial charge on any atom is 0.237 e. The van der Waals surface area contributed by atoms with Gasteiger partial charge in [0.1, 0.15) is 0 Å². The van der Waals surface area contributed by atoms with Crippen molar-refractivity contribution in [2.75, 3.05) is 32.7 Å². The molecule has 1 N–H and O–H groups in total. The van der Waals surface area contributed by atoms with E-state index in [2.05, 4.69) is 22.3 Å². The van der Waals surface area contributed by atoms with Crippen molar-refractivity contribution < 1.29 is 9.59 Å². The molecule has 3 rings (SSSR count). The number of benzene rings is 1. The molecule has 2 fully saturated rings. The first-order valence-electron chi connectivity index (χ1n) is 9.96. The number of nitrogens with zero attached hydrogens (tertiary/aromatic N) is 2. The molecular weight excluding hydrogens is 326 g/mol. The Balaban J connectivity index is 1.57. The molecule has 0 unspecified atom stereocenters. The van der Waals surface area contributed by atoms with E-state index in [0.717, 1.165) is 45.4 Å². The summed E-state index contributed by atoms with van der Waals surface area (Å²) in [5.74, 6) is 0.758. The maximum absolute atomic E-state index is 13.0. The van der Waals surface area contributed by atoms with E-state index in [1.807, 2.05) is 23.1 Å². The molecule has 142 valence electrons. The second-order valence-corrected chi connectivity index (χ2v) is 7.56. The van der Waals surface area contributed by atoms with Crippen LogP contribution in [0.25, 0.3) is 0 Å². The number of hydrogen-bond donors (Lipinski definition) is 1. The van der Waals surface area contributed by atoms with E-state index in [9.17, 15) is 9.59 Å². The maximum atomic E-state index is 13.0. The van der Waals surface area contributed by atoms with Gasteiger partial charge in [0.2, 0.25) is 11.8 Å². The molecule has 1 saturated heterocycles. The lowest BCUT2D eigenvalue weighted by Crippen LogP contribution is -2.57. The van der Waals surface area contributed by atoms with E-state index in [-0.39, 0.29) is 17.9 Å². The van der Waals surface area contributed by atoms with Gasteiger partial charge in [-0.1, -0.05) is 43.2 Å². The first-order chi connectivity index (χ1) is 12.6. The number of carbonyl (C=O) groups is 2. The van der Waals surface area contributed by atoms with Crippen molar-refractivity contribution in [2.24, 2.45) is 5.92 Å². The summed E-state index contributed by atoms with van der Waals surface area (Å²) >= 11 is 0. The van der Waals surface area contributed by atoms with Crippen molar-refractivity contribution in [1.82, 2.24) is 15.1 Å². The smallest absolute Gasteiger partial charge is 0.237 e. The fourth-order valence-electron chi connectivity index (χ4n) is 4.35. The molecule has 1 heterocycles. The van der Waals surface area contributed by atoms with Crippen LogP contribution in [0.5, 0.6) is 0 Å². The Kier molecular flexibility index (Phi) is 6.67. The van der Waals surface area contributed by atoms with Crippen molar-refractivity contribution in [3.8, 4) is 0 Å². The van der Waals surface area contributed by atoms with Gasteiger partial charge in [-0.25, -0.2) is 0 Å². The molecule has 1 aliphatic carbocycles. The van der Waals surface area contributed by atoms with Gasteiger partial charge in [-0.05, 0) is 30.7 Å². The van der Waals surface area contributed by atoms with E-state index < -0.39 is 0 Å². The molecule has 5 nitrogen and oxygen atoms in total. The van der Waals surface area contributed by atoms with Gasteiger partial charge in [-0.3, -0.25) is 14.5 Å². The lowest BCUT2D eigenvalue weighted by molar-refractivity contribution is -0.133. The van der Waals surface area contributed by atoms with Gasteiger partial charge in [0.25, 0.3) is 0 Å². The fraction of sp³-hybridized carbons (Fsp3) is 0.619. The van der Waals surface area contributed by atoms with Crippen LogP contribution in [0.2, 0.25) is 0 Å². The lowest BCUT2D eigenvalue weighted by Gasteiger charge is -2.40. The van der Waals surface area contributed by atoms with Crippen molar-refractivity contribution in [3.05, 3.63) is 35.9 Å². The predicted octanol–water partition coefficient (Wildman–Crippen LogP) is 2.07. The second kappa shape index (κ2) is 9.17. The normalized spacial score (nSPS) is 20.1. The molecule has 1 atom stereocenters. The second-order valence-electron chi connectivity index (χ2n) is 7.56. The lowest BCUT2D eigenvalue weighted by atomic mass is 9.95. The Morgan fingerprint density at radius 3 is 2.35 bits per heavy atom. The molecule has 2 amide bonds. The highest BCUT2D eigenvalue weighted by atomic mass is 16.2. The summed E-state index contributed by atoms with van der Waals surface area (Å²) in [6.45, 7) is 5.37. The standard InChI is InChI=1S/C21H31N3O2/c1-17(25)23-13-15-24(16-14-23)20(19-9-5-6-10-19)21(26)22-12-11-18-7-3-2-4-8-18/h2-4,7-8,19-20H,5-6,9-16H2,1H3,(H,22,26)/t20-/m1/s1. The largest absolute Gasteiger partial charge is 0.354 e. The third-order valence-corrected chi connectivity index (χ3v) is 5.82. The van der Waals surface area contributed by atoms with E-state index in [1.165, 1.54) is 18.4 Å². The molecule has 0 bridgehead atoms. The van der Waals surface area contributed by atoms with Crippen LogP contribution in [0.4, 0.5) is 0 Å². The average Bonchev–Trinajstić information content (AvgIpc) is 3.17. The predicted molar refractivity (Wildman–Crippen MR) is 103 cm³/mol. The van der Waals surface area contributed by atoms with Crippen LogP contribution >= 0.6 is 0 Å². The Morgan fingerprint density at radius 1 is 1.08 bits per heavy atom. The van der Waals surface area contributed by atoms with Crippen LogP contribution in [0.15, 0.2) is 30.3 Å². The third-order valence-electron chi connectivity index (χ3n) is 5.82. The highest BCUT2D eigenvalue weighted by Crippen LogP contribution is 2.31. The number of amides is 2. The summed E-state index contributed by atoms with van der Waals surface area (Å²) in [7, 11) is 0. The number of piperazine rings is 1. The molecule has 1 aromatic rings. The first-order valence-corrected chi connectivity index (χ1v) is 9.96. The quantitative estimate of drug-likeness (QED) is 0.848. The summed E-state index contributed by atoms with van der Waals surface area (Å²) in [5, 5.41) is 3.18. The molecule has 0 spiro atoms. The fourth-order valence-corrected chi connectivity index (χ4v) is 4.35. The van der Waals surface area contributed by atoms with Gasteiger partial charge in [0.05, 0.1) is 6.04 Å². The highest BCUT2D eigenvalue weighted by molar-refractivity contribution is 5.82. The van der Waals surface area contributed by atoms with Crippen LogP contribution in [-0.4, -0.2) is 60.4 Å². The van der Waals surface area contributed by atoms with E-state index in [1.54, 1.807) is 6.92 Å². The summed E-state index contributed by atoms with van der Waals surface area (Å²) in [6.07, 6.45) is 5.60.